The van der Waals surface area contributed by atoms with E-state index in [1.807, 2.05) is 61.5 Å². The van der Waals surface area contributed by atoms with Crippen LogP contribution in [0.3, 0.4) is 0 Å². The lowest BCUT2D eigenvalue weighted by molar-refractivity contribution is 0.102. The van der Waals surface area contributed by atoms with Crippen molar-refractivity contribution in [2.75, 3.05) is 36.2 Å². The highest BCUT2D eigenvalue weighted by molar-refractivity contribution is 6.03. The van der Waals surface area contributed by atoms with Crippen molar-refractivity contribution in [3.8, 4) is 0 Å². The molecule has 0 unspecified atom stereocenters. The fourth-order valence-electron chi connectivity index (χ4n) is 2.79. The van der Waals surface area contributed by atoms with Crippen molar-refractivity contribution in [1.29, 1.82) is 0 Å². The number of benzene rings is 2. The van der Waals surface area contributed by atoms with Crippen molar-refractivity contribution in [3.63, 3.8) is 0 Å². The summed E-state index contributed by atoms with van der Waals surface area (Å²) in [5.41, 5.74) is 3.39. The van der Waals surface area contributed by atoms with Crippen LogP contribution in [0.4, 0.5) is 17.2 Å². The molecule has 6 nitrogen and oxygen atoms in total. The van der Waals surface area contributed by atoms with E-state index in [-0.39, 0.29) is 5.91 Å². The van der Waals surface area contributed by atoms with Gasteiger partial charge in [0.2, 0.25) is 0 Å². The molecule has 0 aliphatic carbocycles. The molecule has 0 radical (unpaired) electrons. The van der Waals surface area contributed by atoms with Crippen LogP contribution in [0.15, 0.2) is 60.7 Å². The summed E-state index contributed by atoms with van der Waals surface area (Å²) in [6.45, 7) is 2.51. The van der Waals surface area contributed by atoms with Crippen molar-refractivity contribution in [2.45, 2.75) is 13.3 Å². The maximum absolute atomic E-state index is 12.6. The zero-order valence-corrected chi connectivity index (χ0v) is 16.4. The first-order valence-corrected chi connectivity index (χ1v) is 9.23. The van der Waals surface area contributed by atoms with Gasteiger partial charge in [0.25, 0.3) is 5.91 Å². The van der Waals surface area contributed by atoms with Crippen LogP contribution in [0.2, 0.25) is 0 Å². The normalized spacial score (nSPS) is 10.4. The van der Waals surface area contributed by atoms with E-state index in [4.69, 9.17) is 0 Å². The third-order valence-electron chi connectivity index (χ3n) is 4.27. The zero-order valence-electron chi connectivity index (χ0n) is 16.4. The predicted octanol–water partition coefficient (Wildman–Crippen LogP) is 3.76. The number of anilines is 3. The first kappa shape index (κ1) is 19.4. The number of nitrogens with one attached hydrogen (secondary N) is 2. The van der Waals surface area contributed by atoms with Gasteiger partial charge in [-0.2, -0.15) is 0 Å². The van der Waals surface area contributed by atoms with Crippen LogP contribution < -0.4 is 15.5 Å². The average Bonchev–Trinajstić information content (AvgIpc) is 2.69. The molecular formula is C22H25N5O. The molecule has 3 rings (SSSR count). The Morgan fingerprint density at radius 3 is 2.39 bits per heavy atom. The van der Waals surface area contributed by atoms with Gasteiger partial charge in [-0.1, -0.05) is 30.3 Å². The molecule has 1 amide bonds. The number of nitrogens with zero attached hydrogens (tertiary/aromatic N) is 3. The Balaban J connectivity index is 1.63. The lowest BCUT2D eigenvalue weighted by atomic mass is 10.1. The fourth-order valence-corrected chi connectivity index (χ4v) is 2.79. The van der Waals surface area contributed by atoms with Gasteiger partial charge in [0.05, 0.1) is 0 Å². The predicted molar refractivity (Wildman–Crippen MR) is 114 cm³/mol. The minimum absolute atomic E-state index is 0.255. The van der Waals surface area contributed by atoms with Gasteiger partial charge in [-0.25, -0.2) is 9.97 Å². The van der Waals surface area contributed by atoms with E-state index in [2.05, 4.69) is 32.7 Å². The molecule has 2 N–H and O–H groups in total. The Bertz CT molecular complexity index is 923. The molecule has 0 bridgehead atoms. The highest BCUT2D eigenvalue weighted by Crippen LogP contribution is 2.17. The molecule has 0 aliphatic rings. The summed E-state index contributed by atoms with van der Waals surface area (Å²) in [6.07, 6.45) is 0.879. The summed E-state index contributed by atoms with van der Waals surface area (Å²) in [5, 5.41) is 6.16. The van der Waals surface area contributed by atoms with Crippen molar-refractivity contribution in [3.05, 3.63) is 77.7 Å². The second kappa shape index (κ2) is 8.99. The number of aryl methyl sites for hydroxylation is 1. The highest BCUT2D eigenvalue weighted by atomic mass is 16.1. The first-order chi connectivity index (χ1) is 13.5. The molecule has 2 aromatic carbocycles. The van der Waals surface area contributed by atoms with Gasteiger partial charge in [-0.05, 0) is 43.2 Å². The largest absolute Gasteiger partial charge is 0.378 e. The third kappa shape index (κ3) is 5.30. The monoisotopic (exact) mass is 375 g/mol. The summed E-state index contributed by atoms with van der Waals surface area (Å²) in [6, 6.07) is 19.6. The summed E-state index contributed by atoms with van der Waals surface area (Å²) in [5.74, 6) is 0.948. The number of rotatable bonds is 7. The molecule has 144 valence electrons. The Hall–Kier alpha value is -3.41. The summed E-state index contributed by atoms with van der Waals surface area (Å²) in [7, 11) is 3.95. The Morgan fingerprint density at radius 2 is 1.71 bits per heavy atom. The van der Waals surface area contributed by atoms with E-state index < -0.39 is 0 Å². The van der Waals surface area contributed by atoms with E-state index in [0.717, 1.165) is 24.3 Å². The molecule has 0 aliphatic heterocycles. The van der Waals surface area contributed by atoms with E-state index in [9.17, 15) is 4.79 Å². The molecule has 0 saturated heterocycles. The summed E-state index contributed by atoms with van der Waals surface area (Å²) < 4.78 is 0. The van der Waals surface area contributed by atoms with Gasteiger partial charge in [0, 0.05) is 38.1 Å². The third-order valence-corrected chi connectivity index (χ3v) is 4.27. The highest BCUT2D eigenvalue weighted by Gasteiger charge is 2.11. The summed E-state index contributed by atoms with van der Waals surface area (Å²) in [4.78, 5) is 23.2. The van der Waals surface area contributed by atoms with Crippen LogP contribution >= 0.6 is 0 Å². The van der Waals surface area contributed by atoms with Crippen LogP contribution in [-0.2, 0) is 6.42 Å². The minimum Gasteiger partial charge on any atom is -0.378 e. The number of hydrogen-bond acceptors (Lipinski definition) is 5. The van der Waals surface area contributed by atoms with Gasteiger partial charge in [-0.3, -0.25) is 4.79 Å². The maximum atomic E-state index is 12.6. The quantitative estimate of drug-likeness (QED) is 0.658. The van der Waals surface area contributed by atoms with E-state index in [0.29, 0.717) is 17.3 Å². The van der Waals surface area contributed by atoms with Crippen molar-refractivity contribution >= 4 is 23.1 Å². The summed E-state index contributed by atoms with van der Waals surface area (Å²) >= 11 is 0. The van der Waals surface area contributed by atoms with Gasteiger partial charge < -0.3 is 15.5 Å². The standard InChI is InChI=1S/C22H25N5O/c1-16-24-20(22(28)26-18-9-11-19(12-10-18)27(2)3)15-21(25-16)23-14-13-17-7-5-4-6-8-17/h4-12,15H,13-14H2,1-3H3,(H,26,28)(H,23,24,25). The minimum atomic E-state index is -0.255. The topological polar surface area (TPSA) is 70.2 Å². The van der Waals surface area contributed by atoms with Crippen molar-refractivity contribution in [2.24, 2.45) is 0 Å². The van der Waals surface area contributed by atoms with Crippen LogP contribution in [0.1, 0.15) is 21.9 Å². The second-order valence-corrected chi connectivity index (χ2v) is 6.74. The molecule has 0 atom stereocenters. The number of hydrogen-bond donors (Lipinski definition) is 2. The smallest absolute Gasteiger partial charge is 0.274 e. The fraction of sp³-hybridized carbons (Fsp3) is 0.227. The molecule has 1 aromatic heterocycles. The van der Waals surface area contributed by atoms with Crippen molar-refractivity contribution in [1.82, 2.24) is 9.97 Å². The second-order valence-electron chi connectivity index (χ2n) is 6.74. The molecule has 1 heterocycles. The number of carbonyl (C=O) groups is 1. The van der Waals surface area contributed by atoms with Gasteiger partial charge in [0.15, 0.2) is 0 Å². The first-order valence-electron chi connectivity index (χ1n) is 9.23. The van der Waals surface area contributed by atoms with Gasteiger partial charge >= 0.3 is 0 Å². The van der Waals surface area contributed by atoms with Crippen molar-refractivity contribution < 1.29 is 4.79 Å². The van der Waals surface area contributed by atoms with Gasteiger partial charge in [0.1, 0.15) is 17.3 Å². The molecule has 28 heavy (non-hydrogen) atoms. The van der Waals surface area contributed by atoms with E-state index in [1.54, 1.807) is 13.0 Å². The van der Waals surface area contributed by atoms with Gasteiger partial charge in [-0.15, -0.1) is 0 Å². The Kier molecular flexibility index (Phi) is 6.22. The average molecular weight is 375 g/mol. The Labute approximate surface area is 165 Å². The molecule has 0 saturated carbocycles. The lowest BCUT2D eigenvalue weighted by Crippen LogP contribution is -2.16. The van der Waals surface area contributed by atoms with Crippen LogP contribution in [-0.4, -0.2) is 36.5 Å². The molecule has 6 heteroatoms. The molecule has 0 spiro atoms. The van der Waals surface area contributed by atoms with Crippen LogP contribution in [0.25, 0.3) is 0 Å². The molecule has 3 aromatic rings. The molecule has 0 fully saturated rings. The maximum Gasteiger partial charge on any atom is 0.274 e. The van der Waals surface area contributed by atoms with E-state index >= 15 is 0 Å². The number of carbonyl (C=O) groups excluding carboxylic acids is 1. The Morgan fingerprint density at radius 1 is 1.00 bits per heavy atom. The number of amides is 1. The van der Waals surface area contributed by atoms with Crippen LogP contribution in [0.5, 0.6) is 0 Å². The zero-order chi connectivity index (χ0) is 19.9. The lowest BCUT2D eigenvalue weighted by Gasteiger charge is -2.13. The van der Waals surface area contributed by atoms with Crippen LogP contribution in [0, 0.1) is 6.92 Å². The van der Waals surface area contributed by atoms with E-state index in [1.165, 1.54) is 5.56 Å². The number of aromatic nitrogens is 2. The SMILES string of the molecule is Cc1nc(NCCc2ccccc2)cc(C(=O)Nc2ccc(N(C)C)cc2)n1. The molecular weight excluding hydrogens is 350 g/mol.